The molecule has 154 valence electrons. The van der Waals surface area contributed by atoms with Crippen LogP contribution in [0.1, 0.15) is 12.5 Å². The van der Waals surface area contributed by atoms with Gasteiger partial charge in [0.1, 0.15) is 23.4 Å². The molecule has 0 saturated carbocycles. The maximum absolute atomic E-state index is 12.6. The predicted molar refractivity (Wildman–Crippen MR) is 117 cm³/mol. The van der Waals surface area contributed by atoms with E-state index in [1.54, 1.807) is 37.1 Å². The predicted octanol–water partition coefficient (Wildman–Crippen LogP) is 3.05. The largest absolute Gasteiger partial charge is 0.497 e. The number of ether oxygens (including phenoxy) is 2. The summed E-state index contributed by atoms with van der Waals surface area (Å²) in [6, 6.07) is 12.2. The summed E-state index contributed by atoms with van der Waals surface area (Å²) in [4.78, 5) is 35.5. The topological polar surface area (TPSA) is 92.6 Å². The molecule has 2 aromatic rings. The lowest BCUT2D eigenvalue weighted by molar-refractivity contribution is -0.119. The fourth-order valence-corrected chi connectivity index (χ4v) is 4.12. The Morgan fingerprint density at radius 1 is 1.17 bits per heavy atom. The average molecular weight is 424 g/mol. The standard InChI is InChI=1S/C21H20N4O4S/c1-12-20(27)24-19-14-6-4-5-7-15(14)23-21(25(12)19)30-11-18(26)22-16-10-13(28-2)8-9-17(16)29-3/h4-10,12H,11H2,1-3H3,(H,22,26). The summed E-state index contributed by atoms with van der Waals surface area (Å²) in [6.45, 7) is 1.78. The molecule has 1 atom stereocenters. The van der Waals surface area contributed by atoms with Crippen molar-refractivity contribution >= 4 is 46.0 Å². The van der Waals surface area contributed by atoms with E-state index in [0.29, 0.717) is 28.2 Å². The summed E-state index contributed by atoms with van der Waals surface area (Å²) in [7, 11) is 3.09. The monoisotopic (exact) mass is 424 g/mol. The van der Waals surface area contributed by atoms with Gasteiger partial charge in [0.15, 0.2) is 5.17 Å². The minimum atomic E-state index is -0.457. The van der Waals surface area contributed by atoms with E-state index in [4.69, 9.17) is 9.47 Å². The highest BCUT2D eigenvalue weighted by atomic mass is 32.2. The highest BCUT2D eigenvalue weighted by Crippen LogP contribution is 2.34. The Kier molecular flexibility index (Phi) is 5.45. The molecule has 0 aliphatic carbocycles. The van der Waals surface area contributed by atoms with Gasteiger partial charge < -0.3 is 14.8 Å². The van der Waals surface area contributed by atoms with Crippen LogP contribution < -0.4 is 14.8 Å². The number of nitrogens with zero attached hydrogens (tertiary/aromatic N) is 3. The van der Waals surface area contributed by atoms with Crippen LogP contribution in [-0.2, 0) is 9.59 Å². The lowest BCUT2D eigenvalue weighted by Crippen LogP contribution is -2.42. The van der Waals surface area contributed by atoms with Gasteiger partial charge in [0.05, 0.1) is 31.3 Å². The fourth-order valence-electron chi connectivity index (χ4n) is 3.24. The van der Waals surface area contributed by atoms with Gasteiger partial charge in [-0.05, 0) is 31.2 Å². The van der Waals surface area contributed by atoms with Crippen LogP contribution in [0.2, 0.25) is 0 Å². The number of carbonyl (C=O) groups excluding carboxylic acids is 2. The van der Waals surface area contributed by atoms with Crippen LogP contribution >= 0.6 is 11.8 Å². The third kappa shape index (κ3) is 3.63. The number of benzene rings is 2. The molecule has 4 rings (SSSR count). The minimum Gasteiger partial charge on any atom is -0.497 e. The number of carbonyl (C=O) groups is 2. The maximum Gasteiger partial charge on any atom is 0.270 e. The van der Waals surface area contributed by atoms with Crippen molar-refractivity contribution in [1.29, 1.82) is 0 Å². The van der Waals surface area contributed by atoms with Gasteiger partial charge in [0, 0.05) is 11.6 Å². The summed E-state index contributed by atoms with van der Waals surface area (Å²) in [5, 5.41) is 3.41. The quantitative estimate of drug-likeness (QED) is 0.793. The van der Waals surface area contributed by atoms with Crippen LogP contribution in [0.15, 0.2) is 52.4 Å². The van der Waals surface area contributed by atoms with Crippen LogP contribution in [0.4, 0.5) is 11.4 Å². The summed E-state index contributed by atoms with van der Waals surface area (Å²) >= 11 is 1.25. The van der Waals surface area contributed by atoms with E-state index in [2.05, 4.69) is 15.3 Å². The number of para-hydroxylation sites is 1. The van der Waals surface area contributed by atoms with Crippen molar-refractivity contribution in [2.75, 3.05) is 25.3 Å². The minimum absolute atomic E-state index is 0.103. The van der Waals surface area contributed by atoms with E-state index in [-0.39, 0.29) is 17.6 Å². The third-order valence-corrected chi connectivity index (χ3v) is 5.72. The molecule has 0 aromatic heterocycles. The van der Waals surface area contributed by atoms with Gasteiger partial charge in [-0.15, -0.1) is 0 Å². The molecule has 0 bridgehead atoms. The first-order valence-electron chi connectivity index (χ1n) is 9.26. The Hall–Kier alpha value is -3.33. The zero-order valence-electron chi connectivity index (χ0n) is 16.7. The molecule has 1 unspecified atom stereocenters. The van der Waals surface area contributed by atoms with Crippen LogP contribution in [0.25, 0.3) is 0 Å². The first-order valence-corrected chi connectivity index (χ1v) is 10.2. The molecule has 0 radical (unpaired) electrons. The van der Waals surface area contributed by atoms with E-state index >= 15 is 0 Å². The Bertz CT molecular complexity index is 1080. The normalized spacial score (nSPS) is 17.0. The van der Waals surface area contributed by atoms with Gasteiger partial charge in [0.2, 0.25) is 5.91 Å². The molecule has 9 heteroatoms. The average Bonchev–Trinajstić information content (AvgIpc) is 3.06. The number of anilines is 1. The lowest BCUT2D eigenvalue weighted by Gasteiger charge is -2.29. The first kappa shape index (κ1) is 20.0. The van der Waals surface area contributed by atoms with Gasteiger partial charge in [-0.1, -0.05) is 23.9 Å². The number of nitrogens with one attached hydrogen (secondary N) is 1. The molecule has 0 fully saturated rings. The Morgan fingerprint density at radius 3 is 2.73 bits per heavy atom. The number of fused-ring (bicyclic) bond motifs is 3. The van der Waals surface area contributed by atoms with Crippen LogP contribution in [-0.4, -0.2) is 53.7 Å². The number of aliphatic imine (C=N–C) groups is 2. The van der Waals surface area contributed by atoms with Crippen molar-refractivity contribution in [3.05, 3.63) is 48.0 Å². The van der Waals surface area contributed by atoms with E-state index in [0.717, 1.165) is 11.3 Å². The smallest absolute Gasteiger partial charge is 0.270 e. The molecule has 0 saturated heterocycles. The number of hydrogen-bond donors (Lipinski definition) is 1. The van der Waals surface area contributed by atoms with Gasteiger partial charge in [-0.2, -0.15) is 4.99 Å². The molecule has 2 aromatic carbocycles. The third-order valence-electron chi connectivity index (χ3n) is 4.77. The van der Waals surface area contributed by atoms with Gasteiger partial charge in [-0.3, -0.25) is 14.5 Å². The second kappa shape index (κ2) is 8.19. The number of methoxy groups -OCH3 is 2. The van der Waals surface area contributed by atoms with Gasteiger partial charge in [0.25, 0.3) is 5.91 Å². The van der Waals surface area contributed by atoms with Crippen molar-refractivity contribution in [2.24, 2.45) is 9.98 Å². The van der Waals surface area contributed by atoms with E-state index in [1.807, 2.05) is 24.3 Å². The molecule has 8 nitrogen and oxygen atoms in total. The van der Waals surface area contributed by atoms with E-state index in [9.17, 15) is 9.59 Å². The van der Waals surface area contributed by atoms with Crippen LogP contribution in [0.3, 0.4) is 0 Å². The van der Waals surface area contributed by atoms with Crippen molar-refractivity contribution in [3.63, 3.8) is 0 Å². The molecule has 2 aliphatic rings. The second-order valence-electron chi connectivity index (χ2n) is 6.63. The summed E-state index contributed by atoms with van der Waals surface area (Å²) < 4.78 is 10.5. The van der Waals surface area contributed by atoms with Crippen molar-refractivity contribution in [1.82, 2.24) is 4.90 Å². The van der Waals surface area contributed by atoms with Crippen molar-refractivity contribution in [2.45, 2.75) is 13.0 Å². The van der Waals surface area contributed by atoms with Crippen molar-refractivity contribution < 1.29 is 19.1 Å². The molecule has 1 N–H and O–H groups in total. The SMILES string of the molecule is COc1ccc(OC)c(NC(=O)CSC2=Nc3ccccc3C3=NC(=O)C(C)N23)c1. The van der Waals surface area contributed by atoms with Crippen LogP contribution in [0, 0.1) is 0 Å². The molecular weight excluding hydrogens is 404 g/mol. The summed E-state index contributed by atoms with van der Waals surface area (Å²) in [5.74, 6) is 1.37. The Balaban J connectivity index is 1.52. The summed E-state index contributed by atoms with van der Waals surface area (Å²) in [6.07, 6.45) is 0. The van der Waals surface area contributed by atoms with Crippen molar-refractivity contribution in [3.8, 4) is 11.5 Å². The molecule has 30 heavy (non-hydrogen) atoms. The van der Waals surface area contributed by atoms with Gasteiger partial charge >= 0.3 is 0 Å². The Morgan fingerprint density at radius 2 is 1.97 bits per heavy atom. The molecular formula is C21H20N4O4S. The van der Waals surface area contributed by atoms with E-state index < -0.39 is 6.04 Å². The molecule has 2 aliphatic heterocycles. The number of rotatable bonds is 5. The molecule has 2 heterocycles. The van der Waals surface area contributed by atoms with E-state index in [1.165, 1.54) is 18.9 Å². The number of hydrogen-bond acceptors (Lipinski definition) is 7. The zero-order chi connectivity index (χ0) is 21.3. The first-order chi connectivity index (χ1) is 14.5. The zero-order valence-corrected chi connectivity index (χ0v) is 17.5. The summed E-state index contributed by atoms with van der Waals surface area (Å²) in [5.41, 5.74) is 2.06. The molecule has 0 spiro atoms. The van der Waals surface area contributed by atoms with Gasteiger partial charge in [-0.25, -0.2) is 4.99 Å². The second-order valence-corrected chi connectivity index (χ2v) is 7.58. The number of thioether (sulfide) groups is 1. The highest BCUT2D eigenvalue weighted by molar-refractivity contribution is 8.14. The Labute approximate surface area is 178 Å². The van der Waals surface area contributed by atoms with Crippen LogP contribution in [0.5, 0.6) is 11.5 Å². The highest BCUT2D eigenvalue weighted by Gasteiger charge is 2.39. The maximum atomic E-state index is 12.6. The number of amides is 2. The number of amidine groups is 2. The fraction of sp³-hybridized carbons (Fsp3) is 0.238. The lowest BCUT2D eigenvalue weighted by atomic mass is 10.1. The molecule has 2 amide bonds.